The fourth-order valence-corrected chi connectivity index (χ4v) is 2.92. The third-order valence-corrected chi connectivity index (χ3v) is 3.85. The summed E-state index contributed by atoms with van der Waals surface area (Å²) in [7, 11) is 0. The zero-order valence-corrected chi connectivity index (χ0v) is 10.8. The van der Waals surface area contributed by atoms with Crippen molar-refractivity contribution in [2.45, 2.75) is 37.9 Å². The number of carbonyl (C=O) groups is 1. The van der Waals surface area contributed by atoms with E-state index in [1.165, 1.54) is 4.90 Å². The third kappa shape index (κ3) is 4.26. The normalized spacial score (nSPS) is 28.5. The van der Waals surface area contributed by atoms with Crippen LogP contribution in [0.5, 0.6) is 0 Å². The molecule has 2 N–H and O–H groups in total. The Morgan fingerprint density at radius 2 is 2.11 bits per heavy atom. The maximum atomic E-state index is 12.1. The second kappa shape index (κ2) is 5.98. The van der Waals surface area contributed by atoms with Crippen LogP contribution in [0.2, 0.25) is 0 Å². The molecule has 2 saturated heterocycles. The zero-order valence-electron chi connectivity index (χ0n) is 10.8. The lowest BCUT2D eigenvalue weighted by Crippen LogP contribution is -2.50. The smallest absolute Gasteiger partial charge is 0.329 e. The van der Waals surface area contributed by atoms with E-state index in [-0.39, 0.29) is 0 Å². The molecular formula is C12H20F3N3O. The van der Waals surface area contributed by atoms with E-state index < -0.39 is 18.8 Å². The van der Waals surface area contributed by atoms with Gasteiger partial charge < -0.3 is 15.5 Å². The van der Waals surface area contributed by atoms with Crippen LogP contribution in [-0.4, -0.2) is 49.3 Å². The van der Waals surface area contributed by atoms with E-state index in [2.05, 4.69) is 5.32 Å². The highest BCUT2D eigenvalue weighted by Gasteiger charge is 2.33. The molecule has 0 aromatic rings. The lowest BCUT2D eigenvalue weighted by atomic mass is 9.90. The second-order valence-corrected chi connectivity index (χ2v) is 5.33. The Balaban J connectivity index is 1.81. The summed E-state index contributed by atoms with van der Waals surface area (Å²) in [5.41, 5.74) is 0. The van der Waals surface area contributed by atoms with Crippen LogP contribution in [-0.2, 0) is 0 Å². The van der Waals surface area contributed by atoms with Crippen molar-refractivity contribution >= 4 is 6.03 Å². The maximum Gasteiger partial charge on any atom is 0.405 e. The Labute approximate surface area is 110 Å². The first-order valence-electron chi connectivity index (χ1n) is 6.78. The third-order valence-electron chi connectivity index (χ3n) is 3.85. The number of nitrogens with zero attached hydrogens (tertiary/aromatic N) is 1. The summed E-state index contributed by atoms with van der Waals surface area (Å²) in [5, 5.41) is 5.35. The van der Waals surface area contributed by atoms with E-state index in [0.29, 0.717) is 25.0 Å². The van der Waals surface area contributed by atoms with Gasteiger partial charge in [0, 0.05) is 19.1 Å². The largest absolute Gasteiger partial charge is 0.405 e. The van der Waals surface area contributed by atoms with Gasteiger partial charge in [0.1, 0.15) is 6.54 Å². The molecule has 0 spiro atoms. The van der Waals surface area contributed by atoms with Gasteiger partial charge in [-0.25, -0.2) is 4.79 Å². The molecule has 2 rings (SSSR count). The van der Waals surface area contributed by atoms with Gasteiger partial charge in [0.15, 0.2) is 0 Å². The Morgan fingerprint density at radius 1 is 1.32 bits per heavy atom. The molecule has 7 heteroatoms. The number of nitrogens with one attached hydrogen (secondary N) is 2. The molecular weight excluding hydrogens is 259 g/mol. The molecule has 0 radical (unpaired) electrons. The average molecular weight is 279 g/mol. The van der Waals surface area contributed by atoms with Gasteiger partial charge in [-0.3, -0.25) is 0 Å². The molecule has 4 nitrogen and oxygen atoms in total. The number of rotatable bonds is 2. The van der Waals surface area contributed by atoms with Crippen LogP contribution in [0.15, 0.2) is 0 Å². The van der Waals surface area contributed by atoms with Crippen molar-refractivity contribution in [1.82, 2.24) is 15.5 Å². The number of hydrogen-bond donors (Lipinski definition) is 2. The fourth-order valence-electron chi connectivity index (χ4n) is 2.92. The lowest BCUT2D eigenvalue weighted by molar-refractivity contribution is -0.123. The van der Waals surface area contributed by atoms with Crippen LogP contribution in [0.3, 0.4) is 0 Å². The first kappa shape index (κ1) is 14.4. The Hall–Kier alpha value is -0.980. The summed E-state index contributed by atoms with van der Waals surface area (Å²) in [5.74, 6) is 0.368. The Kier molecular flexibility index (Phi) is 4.54. The summed E-state index contributed by atoms with van der Waals surface area (Å²) in [4.78, 5) is 13.2. The topological polar surface area (TPSA) is 44.4 Å². The minimum Gasteiger partial charge on any atom is -0.329 e. The van der Waals surface area contributed by atoms with Crippen LogP contribution in [0, 0.1) is 5.92 Å². The van der Waals surface area contributed by atoms with E-state index in [4.69, 9.17) is 0 Å². The maximum absolute atomic E-state index is 12.1. The second-order valence-electron chi connectivity index (χ2n) is 5.33. The standard InChI is InChI=1S/C12H20F3N3O/c13-12(14,15)8-17-11(19)18-6-2-3-9(7-18)10-4-1-5-16-10/h9-10,16H,1-8H2,(H,17,19). The number of halogens is 3. The Bertz CT molecular complexity index is 316. The number of urea groups is 1. The lowest BCUT2D eigenvalue weighted by Gasteiger charge is -2.35. The van der Waals surface area contributed by atoms with Crippen LogP contribution >= 0.6 is 0 Å². The van der Waals surface area contributed by atoms with E-state index in [1.807, 2.05) is 5.32 Å². The van der Waals surface area contributed by atoms with Gasteiger partial charge in [0.05, 0.1) is 0 Å². The fraction of sp³-hybridized carbons (Fsp3) is 0.917. The number of alkyl halides is 3. The minimum absolute atomic E-state index is 0.368. The quantitative estimate of drug-likeness (QED) is 0.808. The molecule has 2 heterocycles. The van der Waals surface area contributed by atoms with Gasteiger partial charge in [-0.2, -0.15) is 13.2 Å². The first-order valence-corrected chi connectivity index (χ1v) is 6.78. The number of likely N-dealkylation sites (tertiary alicyclic amines) is 1. The van der Waals surface area contributed by atoms with Crippen molar-refractivity contribution < 1.29 is 18.0 Å². The van der Waals surface area contributed by atoms with Crippen molar-refractivity contribution in [2.24, 2.45) is 5.92 Å². The molecule has 2 unspecified atom stereocenters. The summed E-state index contributed by atoms with van der Waals surface area (Å²) in [6, 6.07) is -0.182. The number of amides is 2. The van der Waals surface area contributed by atoms with E-state index in [0.717, 1.165) is 32.2 Å². The van der Waals surface area contributed by atoms with Crippen molar-refractivity contribution in [2.75, 3.05) is 26.2 Å². The molecule has 0 bridgehead atoms. The highest BCUT2D eigenvalue weighted by Crippen LogP contribution is 2.24. The highest BCUT2D eigenvalue weighted by molar-refractivity contribution is 5.74. The molecule has 0 aromatic carbocycles. The van der Waals surface area contributed by atoms with Gasteiger partial charge in [-0.05, 0) is 38.1 Å². The highest BCUT2D eigenvalue weighted by atomic mass is 19.4. The van der Waals surface area contributed by atoms with Gasteiger partial charge in [-0.1, -0.05) is 0 Å². The monoisotopic (exact) mass is 279 g/mol. The average Bonchev–Trinajstić information content (AvgIpc) is 2.89. The zero-order chi connectivity index (χ0) is 13.9. The molecule has 2 fully saturated rings. The molecule has 19 heavy (non-hydrogen) atoms. The van der Waals surface area contributed by atoms with Crippen LogP contribution in [0.1, 0.15) is 25.7 Å². The van der Waals surface area contributed by atoms with Gasteiger partial charge in [-0.15, -0.1) is 0 Å². The molecule has 0 saturated carbocycles. The predicted molar refractivity (Wildman–Crippen MR) is 64.8 cm³/mol. The van der Waals surface area contributed by atoms with Crippen LogP contribution < -0.4 is 10.6 Å². The van der Waals surface area contributed by atoms with E-state index in [1.54, 1.807) is 0 Å². The molecule has 2 atom stereocenters. The molecule has 0 aliphatic carbocycles. The van der Waals surface area contributed by atoms with Gasteiger partial charge >= 0.3 is 12.2 Å². The number of hydrogen-bond acceptors (Lipinski definition) is 2. The van der Waals surface area contributed by atoms with Crippen LogP contribution in [0.4, 0.5) is 18.0 Å². The molecule has 110 valence electrons. The van der Waals surface area contributed by atoms with E-state index in [9.17, 15) is 18.0 Å². The summed E-state index contributed by atoms with van der Waals surface area (Å²) in [6.45, 7) is 0.852. The van der Waals surface area contributed by atoms with Gasteiger partial charge in [0.2, 0.25) is 0 Å². The number of carbonyl (C=O) groups excluding carboxylic acids is 1. The summed E-state index contributed by atoms with van der Waals surface area (Å²) < 4.78 is 36.2. The SMILES string of the molecule is O=C(NCC(F)(F)F)N1CCCC(C2CCCN2)C1. The predicted octanol–water partition coefficient (Wildman–Crippen LogP) is 1.72. The first-order chi connectivity index (χ1) is 8.96. The van der Waals surface area contributed by atoms with E-state index >= 15 is 0 Å². The minimum atomic E-state index is -4.35. The summed E-state index contributed by atoms with van der Waals surface area (Å²) >= 11 is 0. The van der Waals surface area contributed by atoms with Gasteiger partial charge in [0.25, 0.3) is 0 Å². The van der Waals surface area contributed by atoms with Crippen molar-refractivity contribution in [3.63, 3.8) is 0 Å². The van der Waals surface area contributed by atoms with Crippen molar-refractivity contribution in [3.05, 3.63) is 0 Å². The Morgan fingerprint density at radius 3 is 2.74 bits per heavy atom. The summed E-state index contributed by atoms with van der Waals surface area (Å²) in [6.07, 6.45) is -0.203. The molecule has 0 aromatic heterocycles. The molecule has 2 aliphatic rings. The van der Waals surface area contributed by atoms with Crippen molar-refractivity contribution in [3.8, 4) is 0 Å². The molecule has 2 amide bonds. The molecule has 2 aliphatic heterocycles. The number of piperidine rings is 1. The van der Waals surface area contributed by atoms with Crippen LogP contribution in [0.25, 0.3) is 0 Å². The van der Waals surface area contributed by atoms with Crippen molar-refractivity contribution in [1.29, 1.82) is 0 Å².